The van der Waals surface area contributed by atoms with Crippen LogP contribution in [-0.2, 0) is 14.8 Å². The number of rotatable bonds is 5. The summed E-state index contributed by atoms with van der Waals surface area (Å²) in [7, 11) is -3.89. The third kappa shape index (κ3) is 5.75. The van der Waals surface area contributed by atoms with Crippen LogP contribution in [0.2, 0.25) is 5.02 Å². The van der Waals surface area contributed by atoms with E-state index < -0.39 is 10.0 Å². The molecule has 180 valence electrons. The van der Waals surface area contributed by atoms with E-state index in [-0.39, 0.29) is 34.3 Å². The molecule has 33 heavy (non-hydrogen) atoms. The molecule has 0 radical (unpaired) electrons. The van der Waals surface area contributed by atoms with Crippen molar-refractivity contribution in [1.82, 2.24) is 19.8 Å². The van der Waals surface area contributed by atoms with Crippen molar-refractivity contribution in [3.05, 3.63) is 29.1 Å². The van der Waals surface area contributed by atoms with Crippen LogP contribution in [0.1, 0.15) is 63.7 Å². The van der Waals surface area contributed by atoms with E-state index in [0.29, 0.717) is 36.7 Å². The summed E-state index contributed by atoms with van der Waals surface area (Å²) in [6, 6.07) is 4.85. The molecule has 1 aromatic carbocycles. The standard InChI is InChI=1S/C23H31ClN4O4S/c1-16-25-22(27-32-16)17-11-12-20(24)21(14-17)33(30,31)28-13-7-8-18(15-28)23(29)26-19-9-5-3-2-4-6-10-19/h11-12,14,18-19H,2-10,13,15H2,1H3,(H,26,29)/t18-/m0/s1. The van der Waals surface area contributed by atoms with Crippen molar-refractivity contribution in [2.45, 2.75) is 75.6 Å². The molecule has 2 aromatic rings. The zero-order chi connectivity index (χ0) is 23.4. The highest BCUT2D eigenvalue weighted by molar-refractivity contribution is 7.89. The molecule has 1 aliphatic carbocycles. The lowest BCUT2D eigenvalue weighted by molar-refractivity contribution is -0.126. The fraction of sp³-hybridized carbons (Fsp3) is 0.609. The Balaban J connectivity index is 1.48. The van der Waals surface area contributed by atoms with Crippen molar-refractivity contribution in [3.63, 3.8) is 0 Å². The summed E-state index contributed by atoms with van der Waals surface area (Å²) in [5.41, 5.74) is 0.505. The third-order valence-electron chi connectivity index (χ3n) is 6.54. The number of amides is 1. The van der Waals surface area contributed by atoms with Gasteiger partial charge in [0.15, 0.2) is 0 Å². The number of carbonyl (C=O) groups excluding carboxylic acids is 1. The van der Waals surface area contributed by atoms with E-state index in [1.54, 1.807) is 13.0 Å². The zero-order valence-electron chi connectivity index (χ0n) is 18.9. The van der Waals surface area contributed by atoms with Crippen molar-refractivity contribution in [1.29, 1.82) is 0 Å². The quantitative estimate of drug-likeness (QED) is 0.663. The number of sulfonamides is 1. The lowest BCUT2D eigenvalue weighted by atomic mass is 9.94. The Morgan fingerprint density at radius 1 is 1.12 bits per heavy atom. The number of halogens is 1. The van der Waals surface area contributed by atoms with Crippen molar-refractivity contribution in [2.75, 3.05) is 13.1 Å². The molecule has 2 aliphatic rings. The van der Waals surface area contributed by atoms with Gasteiger partial charge in [-0.2, -0.15) is 9.29 Å². The monoisotopic (exact) mass is 494 g/mol. The fourth-order valence-electron chi connectivity index (χ4n) is 4.69. The summed E-state index contributed by atoms with van der Waals surface area (Å²) in [6.45, 7) is 2.18. The van der Waals surface area contributed by atoms with Crippen molar-refractivity contribution >= 4 is 27.5 Å². The maximum absolute atomic E-state index is 13.5. The Morgan fingerprint density at radius 3 is 2.55 bits per heavy atom. The maximum Gasteiger partial charge on any atom is 0.244 e. The van der Waals surface area contributed by atoms with Crippen LogP contribution >= 0.6 is 11.6 Å². The first-order valence-corrected chi connectivity index (χ1v) is 13.6. The molecule has 0 unspecified atom stereocenters. The Bertz CT molecular complexity index is 1080. The lowest BCUT2D eigenvalue weighted by Gasteiger charge is -2.32. The van der Waals surface area contributed by atoms with Gasteiger partial charge >= 0.3 is 0 Å². The van der Waals surface area contributed by atoms with Gasteiger partial charge in [-0.15, -0.1) is 0 Å². The highest BCUT2D eigenvalue weighted by Crippen LogP contribution is 2.31. The summed E-state index contributed by atoms with van der Waals surface area (Å²) in [5, 5.41) is 7.19. The molecule has 0 bridgehead atoms. The zero-order valence-corrected chi connectivity index (χ0v) is 20.5. The first-order chi connectivity index (χ1) is 15.8. The van der Waals surface area contributed by atoms with E-state index in [2.05, 4.69) is 15.5 Å². The average Bonchev–Trinajstić information content (AvgIpc) is 3.22. The Hall–Kier alpha value is -1.97. The number of aromatic nitrogens is 2. The molecule has 1 amide bonds. The average molecular weight is 495 g/mol. The van der Waals surface area contributed by atoms with Crippen LogP contribution in [0.5, 0.6) is 0 Å². The highest BCUT2D eigenvalue weighted by atomic mass is 35.5. The van der Waals surface area contributed by atoms with E-state index in [9.17, 15) is 13.2 Å². The molecular weight excluding hydrogens is 464 g/mol. The molecule has 0 spiro atoms. The van der Waals surface area contributed by atoms with Gasteiger partial charge in [-0.25, -0.2) is 8.42 Å². The number of aryl methyl sites for hydroxylation is 1. The van der Waals surface area contributed by atoms with E-state index in [4.69, 9.17) is 16.1 Å². The van der Waals surface area contributed by atoms with E-state index >= 15 is 0 Å². The molecule has 4 rings (SSSR count). The van der Waals surface area contributed by atoms with Gasteiger partial charge < -0.3 is 9.84 Å². The van der Waals surface area contributed by atoms with E-state index in [0.717, 1.165) is 25.7 Å². The normalized spacial score (nSPS) is 21.3. The molecule has 2 fully saturated rings. The minimum absolute atomic E-state index is 0.00908. The van der Waals surface area contributed by atoms with Crippen molar-refractivity contribution in [2.24, 2.45) is 5.92 Å². The van der Waals surface area contributed by atoms with Crippen LogP contribution in [-0.4, -0.2) is 47.9 Å². The van der Waals surface area contributed by atoms with E-state index in [1.165, 1.54) is 35.7 Å². The van der Waals surface area contributed by atoms with Gasteiger partial charge in [0.1, 0.15) is 4.90 Å². The summed E-state index contributed by atoms with van der Waals surface area (Å²) < 4.78 is 33.4. The molecule has 1 saturated heterocycles. The molecule has 1 aliphatic heterocycles. The number of carbonyl (C=O) groups is 1. The number of nitrogens with one attached hydrogen (secondary N) is 1. The molecule has 1 saturated carbocycles. The van der Waals surface area contributed by atoms with Crippen LogP contribution in [0.3, 0.4) is 0 Å². The van der Waals surface area contributed by atoms with Gasteiger partial charge in [0.05, 0.1) is 10.9 Å². The second kappa shape index (κ2) is 10.5. The van der Waals surface area contributed by atoms with Gasteiger partial charge in [-0.1, -0.05) is 48.9 Å². The maximum atomic E-state index is 13.5. The molecule has 2 heterocycles. The first-order valence-electron chi connectivity index (χ1n) is 11.8. The fourth-order valence-corrected chi connectivity index (χ4v) is 6.71. The molecule has 1 atom stereocenters. The van der Waals surface area contributed by atoms with E-state index in [1.807, 2.05) is 0 Å². The van der Waals surface area contributed by atoms with Gasteiger partial charge in [0, 0.05) is 31.6 Å². The second-order valence-corrected chi connectivity index (χ2v) is 11.3. The van der Waals surface area contributed by atoms with Gasteiger partial charge in [-0.3, -0.25) is 4.79 Å². The Labute approximate surface area is 200 Å². The summed E-state index contributed by atoms with van der Waals surface area (Å²) in [6.07, 6.45) is 9.26. The molecular formula is C23H31ClN4O4S. The second-order valence-electron chi connectivity index (χ2n) is 9.04. The number of piperidine rings is 1. The van der Waals surface area contributed by atoms with Crippen molar-refractivity contribution < 1.29 is 17.7 Å². The molecule has 10 heteroatoms. The number of hydrogen-bond acceptors (Lipinski definition) is 6. The smallest absolute Gasteiger partial charge is 0.244 e. The van der Waals surface area contributed by atoms with Crippen LogP contribution in [0.15, 0.2) is 27.6 Å². The summed E-state index contributed by atoms with van der Waals surface area (Å²) in [5.74, 6) is 0.289. The van der Waals surface area contributed by atoms with Crippen molar-refractivity contribution in [3.8, 4) is 11.4 Å². The predicted octanol–water partition coefficient (Wildman–Crippen LogP) is 4.33. The van der Waals surface area contributed by atoms with Crippen LogP contribution in [0, 0.1) is 12.8 Å². The number of nitrogens with zero attached hydrogens (tertiary/aromatic N) is 3. The largest absolute Gasteiger partial charge is 0.353 e. The van der Waals surface area contributed by atoms with Crippen LogP contribution in [0.4, 0.5) is 0 Å². The third-order valence-corrected chi connectivity index (χ3v) is 8.89. The number of benzene rings is 1. The lowest BCUT2D eigenvalue weighted by Crippen LogP contribution is -2.47. The Kier molecular flexibility index (Phi) is 7.71. The highest BCUT2D eigenvalue weighted by Gasteiger charge is 2.35. The van der Waals surface area contributed by atoms with Gasteiger partial charge in [0.2, 0.25) is 27.6 Å². The van der Waals surface area contributed by atoms with Gasteiger partial charge in [-0.05, 0) is 43.9 Å². The van der Waals surface area contributed by atoms with Crippen LogP contribution in [0.25, 0.3) is 11.4 Å². The first kappa shape index (κ1) is 24.2. The summed E-state index contributed by atoms with van der Waals surface area (Å²) >= 11 is 6.30. The molecule has 8 nitrogen and oxygen atoms in total. The summed E-state index contributed by atoms with van der Waals surface area (Å²) in [4.78, 5) is 17.2. The number of hydrogen-bond donors (Lipinski definition) is 1. The predicted molar refractivity (Wildman–Crippen MR) is 125 cm³/mol. The minimum Gasteiger partial charge on any atom is -0.353 e. The Morgan fingerprint density at radius 2 is 1.85 bits per heavy atom. The molecule has 1 N–H and O–H groups in total. The topological polar surface area (TPSA) is 105 Å². The molecule has 1 aromatic heterocycles. The minimum atomic E-state index is -3.89. The van der Waals surface area contributed by atoms with Crippen LogP contribution < -0.4 is 5.32 Å². The SMILES string of the molecule is Cc1nc(-c2ccc(Cl)c(S(=O)(=O)N3CCC[C@H](C(=O)NC4CCCCCCC4)C3)c2)no1. The van der Waals surface area contributed by atoms with Gasteiger partial charge in [0.25, 0.3) is 0 Å².